The van der Waals surface area contributed by atoms with Gasteiger partial charge in [0, 0.05) is 6.07 Å². The van der Waals surface area contributed by atoms with E-state index in [2.05, 4.69) is 10.2 Å². The first kappa shape index (κ1) is 23.0. The van der Waals surface area contributed by atoms with Crippen molar-refractivity contribution in [1.82, 2.24) is 10.2 Å². The smallest absolute Gasteiger partial charge is 0.297 e. The van der Waals surface area contributed by atoms with Crippen LogP contribution in [0.15, 0.2) is 51.7 Å². The van der Waals surface area contributed by atoms with Gasteiger partial charge < -0.3 is 13.9 Å². The zero-order valence-electron chi connectivity index (χ0n) is 19.7. The number of fused-ring (bicyclic) bond motifs is 2. The Morgan fingerprint density at radius 3 is 2.60 bits per heavy atom. The van der Waals surface area contributed by atoms with E-state index >= 15 is 0 Å². The van der Waals surface area contributed by atoms with Crippen LogP contribution in [0, 0.1) is 0 Å². The minimum atomic E-state index is -0.715. The van der Waals surface area contributed by atoms with E-state index in [4.69, 9.17) is 13.9 Å². The molecule has 8 nitrogen and oxygen atoms in total. The van der Waals surface area contributed by atoms with Gasteiger partial charge in [0.15, 0.2) is 5.43 Å². The van der Waals surface area contributed by atoms with Crippen molar-refractivity contribution < 1.29 is 18.7 Å². The Hall–Kier alpha value is -3.72. The number of nitrogens with zero attached hydrogens (tertiary/aromatic N) is 3. The summed E-state index contributed by atoms with van der Waals surface area (Å²) in [5, 5.41) is 10.1. The van der Waals surface area contributed by atoms with Gasteiger partial charge in [0.05, 0.1) is 30.2 Å². The maximum atomic E-state index is 13.8. The maximum absolute atomic E-state index is 13.8. The Morgan fingerprint density at radius 2 is 1.86 bits per heavy atom. The summed E-state index contributed by atoms with van der Waals surface area (Å²) in [6.07, 6.45) is 1.56. The number of anilines is 1. The summed E-state index contributed by atoms with van der Waals surface area (Å²) >= 11 is 1.33. The Bertz CT molecular complexity index is 1460. The van der Waals surface area contributed by atoms with Crippen molar-refractivity contribution in [2.45, 2.75) is 39.7 Å². The van der Waals surface area contributed by atoms with Gasteiger partial charge in [-0.25, -0.2) is 0 Å². The average molecular weight is 492 g/mol. The first-order chi connectivity index (χ1) is 17.0. The van der Waals surface area contributed by atoms with Crippen molar-refractivity contribution in [3.05, 3.63) is 74.6 Å². The van der Waals surface area contributed by atoms with Gasteiger partial charge in [0.25, 0.3) is 5.91 Å². The maximum Gasteiger partial charge on any atom is 0.297 e. The highest BCUT2D eigenvalue weighted by Crippen LogP contribution is 2.43. The lowest BCUT2D eigenvalue weighted by molar-refractivity contribution is 0.0970. The molecule has 35 heavy (non-hydrogen) atoms. The van der Waals surface area contributed by atoms with Gasteiger partial charge in [0.1, 0.15) is 22.1 Å². The highest BCUT2D eigenvalue weighted by molar-refractivity contribution is 7.15. The Kier molecular flexibility index (Phi) is 6.25. The predicted octanol–water partition coefficient (Wildman–Crippen LogP) is 5.14. The first-order valence-corrected chi connectivity index (χ1v) is 12.5. The molecule has 1 aliphatic heterocycles. The second kappa shape index (κ2) is 9.50. The fraction of sp³-hybridized carbons (Fsp3) is 0.308. The van der Waals surface area contributed by atoms with Gasteiger partial charge in [-0.1, -0.05) is 37.3 Å². The molecule has 1 unspecified atom stereocenters. The van der Waals surface area contributed by atoms with Crippen LogP contribution in [0.3, 0.4) is 0 Å². The van der Waals surface area contributed by atoms with Crippen LogP contribution in [0.1, 0.15) is 59.9 Å². The summed E-state index contributed by atoms with van der Waals surface area (Å²) in [4.78, 5) is 29.0. The molecular weight excluding hydrogens is 466 g/mol. The Morgan fingerprint density at radius 1 is 1.03 bits per heavy atom. The first-order valence-electron chi connectivity index (χ1n) is 11.7. The van der Waals surface area contributed by atoms with E-state index < -0.39 is 11.9 Å². The second-order valence-corrected chi connectivity index (χ2v) is 9.14. The molecule has 1 atom stereocenters. The van der Waals surface area contributed by atoms with Gasteiger partial charge in [0.2, 0.25) is 10.9 Å². The number of benzene rings is 2. The number of hydrogen-bond donors (Lipinski definition) is 0. The largest absolute Gasteiger partial charge is 0.494 e. The number of aryl methyl sites for hydroxylation is 1. The standard InChI is InChI=1S/C26H25N3O5S/c1-4-12-33-16-9-7-8-15(13-16)22-21-23(30)18-11-10-17(32-6-3)14-19(18)34-24(21)25(31)29(22)26-28-27-20(5-2)35-26/h7-11,13-14,22H,4-6,12H2,1-3H3. The van der Waals surface area contributed by atoms with Crippen molar-refractivity contribution in [3.63, 3.8) is 0 Å². The lowest BCUT2D eigenvalue weighted by Gasteiger charge is -2.22. The highest BCUT2D eigenvalue weighted by Gasteiger charge is 2.45. The van der Waals surface area contributed by atoms with Gasteiger partial charge in [-0.2, -0.15) is 0 Å². The molecule has 0 saturated carbocycles. The molecule has 1 amide bonds. The third-order valence-corrected chi connectivity index (χ3v) is 6.83. The lowest BCUT2D eigenvalue weighted by Crippen LogP contribution is -2.29. The molecule has 2 aromatic heterocycles. The molecule has 5 rings (SSSR count). The molecule has 0 bridgehead atoms. The van der Waals surface area contributed by atoms with Crippen molar-refractivity contribution in [2.24, 2.45) is 0 Å². The third kappa shape index (κ3) is 4.05. The zero-order chi connectivity index (χ0) is 24.5. The summed E-state index contributed by atoms with van der Waals surface area (Å²) in [5.74, 6) is 0.821. The van der Waals surface area contributed by atoms with Crippen LogP contribution in [0.5, 0.6) is 11.5 Å². The quantitative estimate of drug-likeness (QED) is 0.337. The molecular formula is C26H25N3O5S. The molecule has 0 spiro atoms. The summed E-state index contributed by atoms with van der Waals surface area (Å²) in [6.45, 7) is 6.93. The van der Waals surface area contributed by atoms with E-state index in [-0.39, 0.29) is 16.8 Å². The number of amides is 1. The molecule has 0 N–H and O–H groups in total. The van der Waals surface area contributed by atoms with Crippen LogP contribution in [-0.2, 0) is 6.42 Å². The molecule has 0 saturated heterocycles. The zero-order valence-corrected chi connectivity index (χ0v) is 20.6. The van der Waals surface area contributed by atoms with E-state index in [1.54, 1.807) is 18.2 Å². The topological polar surface area (TPSA) is 94.8 Å². The van der Waals surface area contributed by atoms with Crippen LogP contribution in [0.4, 0.5) is 5.13 Å². The van der Waals surface area contributed by atoms with Crippen molar-refractivity contribution in [2.75, 3.05) is 18.1 Å². The van der Waals surface area contributed by atoms with Gasteiger partial charge in [-0.05, 0) is 49.6 Å². The number of aromatic nitrogens is 2. The Balaban J connectivity index is 1.72. The fourth-order valence-corrected chi connectivity index (χ4v) is 5.00. The summed E-state index contributed by atoms with van der Waals surface area (Å²) < 4.78 is 17.4. The van der Waals surface area contributed by atoms with Gasteiger partial charge in [-0.3, -0.25) is 14.5 Å². The third-order valence-electron chi connectivity index (χ3n) is 5.77. The summed E-state index contributed by atoms with van der Waals surface area (Å²) in [6, 6.07) is 11.8. The van der Waals surface area contributed by atoms with Crippen molar-refractivity contribution in [3.8, 4) is 11.5 Å². The SMILES string of the molecule is CCCOc1cccc(C2c3c(oc4cc(OCC)ccc4c3=O)C(=O)N2c2nnc(CC)s2)c1. The predicted molar refractivity (Wildman–Crippen MR) is 134 cm³/mol. The minimum absolute atomic E-state index is 0.00859. The van der Waals surface area contributed by atoms with Crippen LogP contribution in [0.25, 0.3) is 11.0 Å². The number of ether oxygens (including phenoxy) is 2. The van der Waals surface area contributed by atoms with Crippen molar-refractivity contribution >= 4 is 33.3 Å². The average Bonchev–Trinajstić information content (AvgIpc) is 3.46. The molecule has 1 aliphatic rings. The number of carbonyl (C=O) groups excluding carboxylic acids is 1. The fourth-order valence-electron chi connectivity index (χ4n) is 4.20. The monoisotopic (exact) mass is 491 g/mol. The molecule has 0 fully saturated rings. The van der Waals surface area contributed by atoms with E-state index in [0.717, 1.165) is 17.0 Å². The Labute approximate surface area is 206 Å². The van der Waals surface area contributed by atoms with Crippen LogP contribution >= 0.6 is 11.3 Å². The van der Waals surface area contributed by atoms with Gasteiger partial charge >= 0.3 is 0 Å². The van der Waals surface area contributed by atoms with Crippen LogP contribution in [-0.4, -0.2) is 29.3 Å². The summed E-state index contributed by atoms with van der Waals surface area (Å²) in [5.41, 5.74) is 1.06. The van der Waals surface area contributed by atoms with Gasteiger partial charge in [-0.15, -0.1) is 10.2 Å². The van der Waals surface area contributed by atoms with E-state index in [9.17, 15) is 9.59 Å². The molecule has 0 radical (unpaired) electrons. The molecule has 9 heteroatoms. The van der Waals surface area contributed by atoms with Crippen LogP contribution < -0.4 is 19.8 Å². The normalized spacial score (nSPS) is 15.0. The molecule has 0 aliphatic carbocycles. The van der Waals surface area contributed by atoms with Crippen molar-refractivity contribution in [1.29, 1.82) is 0 Å². The minimum Gasteiger partial charge on any atom is -0.494 e. The number of rotatable bonds is 8. The summed E-state index contributed by atoms with van der Waals surface area (Å²) in [7, 11) is 0. The number of carbonyl (C=O) groups is 1. The van der Waals surface area contributed by atoms with E-state index in [0.29, 0.717) is 47.2 Å². The van der Waals surface area contributed by atoms with E-state index in [1.807, 2.05) is 45.0 Å². The highest BCUT2D eigenvalue weighted by atomic mass is 32.1. The molecule has 4 aromatic rings. The molecule has 180 valence electrons. The molecule has 2 aromatic carbocycles. The van der Waals surface area contributed by atoms with E-state index in [1.165, 1.54) is 16.2 Å². The second-order valence-electron chi connectivity index (χ2n) is 8.10. The lowest BCUT2D eigenvalue weighted by atomic mass is 9.98. The number of hydrogen-bond acceptors (Lipinski definition) is 8. The molecule has 3 heterocycles. The van der Waals surface area contributed by atoms with Crippen LogP contribution in [0.2, 0.25) is 0 Å².